The Morgan fingerprint density at radius 2 is 1.86 bits per heavy atom. The lowest BCUT2D eigenvalue weighted by Gasteiger charge is -2.33. The van der Waals surface area contributed by atoms with Crippen LogP contribution in [0.1, 0.15) is 36.0 Å². The maximum atomic E-state index is 14.3. The Bertz CT molecular complexity index is 1610. The third kappa shape index (κ3) is 4.00. The number of hydrogen-bond acceptors (Lipinski definition) is 4. The summed E-state index contributed by atoms with van der Waals surface area (Å²) in [6.45, 7) is 0.725. The number of anilines is 2. The van der Waals surface area contributed by atoms with Gasteiger partial charge in [-0.3, -0.25) is 13.8 Å². The fourth-order valence-corrected chi connectivity index (χ4v) is 6.57. The highest BCUT2D eigenvalue weighted by molar-refractivity contribution is 7.99. The first-order valence-electron chi connectivity index (χ1n) is 12.5. The fourth-order valence-electron chi connectivity index (χ4n) is 5.72. The van der Waals surface area contributed by atoms with Gasteiger partial charge in [-0.15, -0.1) is 0 Å². The number of nitrogens with zero attached hydrogens (tertiary/aromatic N) is 5. The van der Waals surface area contributed by atoms with Crippen molar-refractivity contribution in [2.75, 3.05) is 23.0 Å². The van der Waals surface area contributed by atoms with Crippen LogP contribution in [-0.4, -0.2) is 37.0 Å². The monoisotopic (exact) mass is 521 g/mol. The fraction of sp³-hybridized carbons (Fsp3) is 0.357. The van der Waals surface area contributed by atoms with Crippen molar-refractivity contribution in [3.63, 3.8) is 0 Å². The first-order valence-corrected chi connectivity index (χ1v) is 13.7. The highest BCUT2D eigenvalue weighted by Gasteiger charge is 2.26. The molecule has 2 aromatic heterocycles. The van der Waals surface area contributed by atoms with Gasteiger partial charge in [-0.25, -0.2) is 13.6 Å². The van der Waals surface area contributed by atoms with E-state index in [-0.39, 0.29) is 11.3 Å². The predicted molar refractivity (Wildman–Crippen MR) is 147 cm³/mol. The summed E-state index contributed by atoms with van der Waals surface area (Å²) in [5.74, 6) is 1.99. The van der Waals surface area contributed by atoms with Crippen LogP contribution in [0, 0.1) is 0 Å². The molecule has 37 heavy (non-hydrogen) atoms. The van der Waals surface area contributed by atoms with Crippen molar-refractivity contribution in [3.05, 3.63) is 69.9 Å². The summed E-state index contributed by atoms with van der Waals surface area (Å²) < 4.78 is 33.7. The molecule has 4 aromatic rings. The van der Waals surface area contributed by atoms with Gasteiger partial charge >= 0.3 is 5.69 Å². The molecule has 0 spiro atoms. The molecule has 6 nitrogen and oxygen atoms in total. The second kappa shape index (κ2) is 9.20. The SMILES string of the molecule is Cn1cc(-c2cc3c(cc2C(F)F)N(c2cc(C4=CCSCC4)c4c(c2)n(C)c(=O)n4C)CCC3)cn1. The summed E-state index contributed by atoms with van der Waals surface area (Å²) in [7, 11) is 5.40. The maximum absolute atomic E-state index is 14.3. The summed E-state index contributed by atoms with van der Waals surface area (Å²) in [4.78, 5) is 15.1. The minimum atomic E-state index is -2.61. The van der Waals surface area contributed by atoms with Gasteiger partial charge in [0.15, 0.2) is 0 Å². The van der Waals surface area contributed by atoms with Crippen molar-refractivity contribution in [3.8, 4) is 11.1 Å². The summed E-state index contributed by atoms with van der Waals surface area (Å²) in [5.41, 5.74) is 8.04. The van der Waals surface area contributed by atoms with Gasteiger partial charge in [0.25, 0.3) is 6.43 Å². The third-order valence-electron chi connectivity index (χ3n) is 7.59. The van der Waals surface area contributed by atoms with Crippen LogP contribution in [0.4, 0.5) is 20.2 Å². The molecule has 2 aromatic carbocycles. The van der Waals surface area contributed by atoms with Crippen LogP contribution in [0.2, 0.25) is 0 Å². The molecule has 192 valence electrons. The Morgan fingerprint density at radius 3 is 2.57 bits per heavy atom. The van der Waals surface area contributed by atoms with Crippen molar-refractivity contribution in [2.45, 2.75) is 25.7 Å². The molecule has 0 aliphatic carbocycles. The first-order chi connectivity index (χ1) is 17.8. The molecule has 0 unspecified atom stereocenters. The van der Waals surface area contributed by atoms with E-state index in [1.165, 1.54) is 5.57 Å². The summed E-state index contributed by atoms with van der Waals surface area (Å²) in [5, 5.41) is 4.19. The number of halogens is 2. The third-order valence-corrected chi connectivity index (χ3v) is 8.48. The number of aryl methyl sites for hydroxylation is 4. The van der Waals surface area contributed by atoms with Gasteiger partial charge in [-0.05, 0) is 66.0 Å². The largest absolute Gasteiger partial charge is 0.341 e. The summed E-state index contributed by atoms with van der Waals surface area (Å²) >= 11 is 1.90. The Balaban J connectivity index is 1.55. The summed E-state index contributed by atoms with van der Waals surface area (Å²) in [6.07, 6.45) is 5.73. The van der Waals surface area contributed by atoms with E-state index < -0.39 is 6.43 Å². The maximum Gasteiger partial charge on any atom is 0.328 e. The minimum absolute atomic E-state index is 0.0130. The van der Waals surface area contributed by atoms with Crippen LogP contribution in [0.25, 0.3) is 27.7 Å². The van der Waals surface area contributed by atoms with Crippen molar-refractivity contribution in [1.29, 1.82) is 0 Å². The van der Waals surface area contributed by atoms with Gasteiger partial charge in [0.2, 0.25) is 0 Å². The van der Waals surface area contributed by atoms with Crippen LogP contribution >= 0.6 is 11.8 Å². The molecule has 0 N–H and O–H groups in total. The van der Waals surface area contributed by atoms with Gasteiger partial charge in [-0.2, -0.15) is 16.9 Å². The minimum Gasteiger partial charge on any atom is -0.341 e. The zero-order valence-electron chi connectivity index (χ0n) is 21.2. The first kappa shape index (κ1) is 24.0. The van der Waals surface area contributed by atoms with Crippen molar-refractivity contribution in [1.82, 2.24) is 18.9 Å². The molecular formula is C28H29F2N5OS. The zero-order chi connectivity index (χ0) is 25.8. The number of aromatic nitrogens is 4. The Kier molecular flexibility index (Phi) is 5.98. The number of rotatable bonds is 4. The average Bonchev–Trinajstić information content (AvgIpc) is 3.44. The normalized spacial score (nSPS) is 15.9. The topological polar surface area (TPSA) is 48.0 Å². The second-order valence-corrected chi connectivity index (χ2v) is 11.0. The van der Waals surface area contributed by atoms with E-state index in [2.05, 4.69) is 22.1 Å². The molecule has 2 aliphatic heterocycles. The van der Waals surface area contributed by atoms with Gasteiger partial charge < -0.3 is 4.90 Å². The Labute approximate surface area is 218 Å². The Hall–Kier alpha value is -3.33. The molecule has 0 radical (unpaired) electrons. The van der Waals surface area contributed by atoms with Crippen molar-refractivity contribution >= 4 is 39.7 Å². The highest BCUT2D eigenvalue weighted by atomic mass is 32.2. The molecule has 2 aliphatic rings. The summed E-state index contributed by atoms with van der Waals surface area (Å²) in [6, 6.07) is 7.75. The van der Waals surface area contributed by atoms with Gasteiger partial charge in [0.1, 0.15) is 0 Å². The molecule has 6 rings (SSSR count). The molecule has 9 heteroatoms. The van der Waals surface area contributed by atoms with Gasteiger partial charge in [0.05, 0.1) is 17.2 Å². The van der Waals surface area contributed by atoms with E-state index in [1.54, 1.807) is 46.4 Å². The quantitative estimate of drug-likeness (QED) is 0.340. The molecule has 0 amide bonds. The molecular weight excluding hydrogens is 492 g/mol. The van der Waals surface area contributed by atoms with Gasteiger partial charge in [0, 0.05) is 67.7 Å². The number of hydrogen-bond donors (Lipinski definition) is 0. The van der Waals surface area contributed by atoms with Gasteiger partial charge in [-0.1, -0.05) is 6.08 Å². The lowest BCUT2D eigenvalue weighted by atomic mass is 9.92. The van der Waals surface area contributed by atoms with Crippen LogP contribution in [0.3, 0.4) is 0 Å². The van der Waals surface area contributed by atoms with E-state index in [0.29, 0.717) is 11.1 Å². The number of benzene rings is 2. The molecule has 0 saturated carbocycles. The van der Waals surface area contributed by atoms with Crippen molar-refractivity contribution < 1.29 is 8.78 Å². The van der Waals surface area contributed by atoms with Crippen molar-refractivity contribution in [2.24, 2.45) is 21.1 Å². The van der Waals surface area contributed by atoms with E-state index in [4.69, 9.17) is 0 Å². The van der Waals surface area contributed by atoms with E-state index >= 15 is 0 Å². The average molecular weight is 522 g/mol. The zero-order valence-corrected chi connectivity index (χ0v) is 22.0. The number of thioether (sulfide) groups is 1. The highest BCUT2D eigenvalue weighted by Crippen LogP contribution is 2.43. The lowest BCUT2D eigenvalue weighted by molar-refractivity contribution is 0.152. The lowest BCUT2D eigenvalue weighted by Crippen LogP contribution is -2.25. The number of fused-ring (bicyclic) bond motifs is 2. The second-order valence-electron chi connectivity index (χ2n) is 9.84. The standard InChI is InChI=1S/C28H29F2N5OS/c1-32-16-19(15-31-32)21-11-18-5-4-8-35(24(18)14-23(21)27(29)30)20-12-22(17-6-9-37-10-7-17)26-25(13-20)33(2)28(36)34(26)3/h6,11-16,27H,4-5,7-10H2,1-3H3. The molecule has 0 atom stereocenters. The molecule has 4 heterocycles. The Morgan fingerprint density at radius 1 is 1.03 bits per heavy atom. The smallest absolute Gasteiger partial charge is 0.328 e. The number of imidazole rings is 1. The van der Waals surface area contributed by atoms with Crippen LogP contribution in [-0.2, 0) is 27.6 Å². The van der Waals surface area contributed by atoms with E-state index in [1.807, 2.05) is 30.9 Å². The predicted octanol–water partition coefficient (Wildman–Crippen LogP) is 5.82. The molecule has 0 fully saturated rings. The number of alkyl halides is 2. The molecule has 0 saturated heterocycles. The van der Waals surface area contributed by atoms with E-state index in [0.717, 1.165) is 70.8 Å². The van der Waals surface area contributed by atoms with Crippen LogP contribution in [0.5, 0.6) is 0 Å². The molecule has 0 bridgehead atoms. The van der Waals surface area contributed by atoms with E-state index in [9.17, 15) is 13.6 Å². The number of allylic oxidation sites excluding steroid dienone is 1. The van der Waals surface area contributed by atoms with Crippen LogP contribution in [0.15, 0.2) is 47.5 Å². The van der Waals surface area contributed by atoms with Crippen LogP contribution < -0.4 is 10.6 Å².